The SMILES string of the molecule is [2H]C1c2ccccc2CC12CCC(c1ccc(O)nc1)CC2. The molecule has 108 valence electrons. The van der Waals surface area contributed by atoms with E-state index in [0.717, 1.165) is 32.1 Å². The summed E-state index contributed by atoms with van der Waals surface area (Å²) >= 11 is 0. The maximum atomic E-state index is 9.32. The molecule has 0 aliphatic heterocycles. The molecule has 1 spiro atoms. The molecule has 1 N–H and O–H groups in total. The summed E-state index contributed by atoms with van der Waals surface area (Å²) in [5.74, 6) is 0.614. The van der Waals surface area contributed by atoms with E-state index in [4.69, 9.17) is 1.37 Å². The van der Waals surface area contributed by atoms with Gasteiger partial charge in [0.25, 0.3) is 0 Å². The molecule has 21 heavy (non-hydrogen) atoms. The van der Waals surface area contributed by atoms with Gasteiger partial charge in [0.05, 0.1) is 0 Å². The number of aromatic nitrogens is 1. The summed E-state index contributed by atoms with van der Waals surface area (Å²) in [7, 11) is 0. The van der Waals surface area contributed by atoms with Gasteiger partial charge in [-0.05, 0) is 66.5 Å². The predicted octanol–water partition coefficient (Wildman–Crippen LogP) is 4.23. The van der Waals surface area contributed by atoms with E-state index >= 15 is 0 Å². The van der Waals surface area contributed by atoms with Crippen molar-refractivity contribution in [2.45, 2.75) is 44.4 Å². The van der Waals surface area contributed by atoms with Crippen LogP contribution < -0.4 is 0 Å². The Morgan fingerprint density at radius 2 is 1.86 bits per heavy atom. The highest BCUT2D eigenvalue weighted by Gasteiger charge is 2.40. The minimum Gasteiger partial charge on any atom is -0.493 e. The number of rotatable bonds is 1. The van der Waals surface area contributed by atoms with Gasteiger partial charge in [0.1, 0.15) is 0 Å². The van der Waals surface area contributed by atoms with Crippen molar-refractivity contribution >= 4 is 0 Å². The molecule has 1 atom stereocenters. The van der Waals surface area contributed by atoms with Crippen LogP contribution in [0.5, 0.6) is 5.88 Å². The summed E-state index contributed by atoms with van der Waals surface area (Å²) in [4.78, 5) is 4.01. The van der Waals surface area contributed by atoms with E-state index in [2.05, 4.69) is 29.2 Å². The highest BCUT2D eigenvalue weighted by molar-refractivity contribution is 5.35. The normalized spacial score (nSPS) is 31.9. The van der Waals surface area contributed by atoms with Crippen molar-refractivity contribution in [1.29, 1.82) is 0 Å². The van der Waals surface area contributed by atoms with Crippen LogP contribution in [0.2, 0.25) is 0 Å². The van der Waals surface area contributed by atoms with Crippen LogP contribution in [0.3, 0.4) is 0 Å². The molecule has 0 saturated heterocycles. The molecule has 1 unspecified atom stereocenters. The summed E-state index contributed by atoms with van der Waals surface area (Å²) in [6, 6.07) is 12.2. The Kier molecular flexibility index (Phi) is 2.73. The zero-order valence-electron chi connectivity index (χ0n) is 13.1. The number of pyridine rings is 1. The molecule has 2 aromatic rings. The van der Waals surface area contributed by atoms with Crippen molar-refractivity contribution in [3.63, 3.8) is 0 Å². The Bertz CT molecular complexity index is 674. The quantitative estimate of drug-likeness (QED) is 0.848. The molecule has 1 saturated carbocycles. The Morgan fingerprint density at radius 3 is 2.52 bits per heavy atom. The molecule has 1 aromatic carbocycles. The minimum atomic E-state index is -0.0670. The van der Waals surface area contributed by atoms with Crippen molar-refractivity contribution in [2.24, 2.45) is 5.41 Å². The molecular weight excluding hydrogens is 258 g/mol. The fourth-order valence-corrected chi connectivity index (χ4v) is 4.08. The third-order valence-corrected chi connectivity index (χ3v) is 5.28. The lowest BCUT2D eigenvalue weighted by molar-refractivity contribution is 0.186. The van der Waals surface area contributed by atoms with Crippen molar-refractivity contribution in [3.05, 3.63) is 59.3 Å². The van der Waals surface area contributed by atoms with E-state index in [0.29, 0.717) is 5.92 Å². The highest BCUT2D eigenvalue weighted by Crippen LogP contribution is 2.50. The van der Waals surface area contributed by atoms with Gasteiger partial charge in [-0.1, -0.05) is 30.3 Å². The number of nitrogens with zero attached hydrogens (tertiary/aromatic N) is 1. The first-order chi connectivity index (χ1) is 10.7. The van der Waals surface area contributed by atoms with Gasteiger partial charge >= 0.3 is 0 Å². The fraction of sp³-hybridized carbons (Fsp3) is 0.421. The van der Waals surface area contributed by atoms with Crippen LogP contribution in [0, 0.1) is 5.41 Å². The smallest absolute Gasteiger partial charge is 0.210 e. The zero-order chi connectivity index (χ0) is 15.2. The second kappa shape index (κ2) is 4.87. The van der Waals surface area contributed by atoms with Gasteiger partial charge in [-0.2, -0.15) is 0 Å². The van der Waals surface area contributed by atoms with Gasteiger partial charge in [0.15, 0.2) is 0 Å². The third-order valence-electron chi connectivity index (χ3n) is 5.28. The summed E-state index contributed by atoms with van der Waals surface area (Å²) in [6.07, 6.45) is 7.27. The lowest BCUT2D eigenvalue weighted by Gasteiger charge is -2.37. The Morgan fingerprint density at radius 1 is 1.10 bits per heavy atom. The van der Waals surface area contributed by atoms with Crippen LogP contribution in [0.25, 0.3) is 0 Å². The first kappa shape index (κ1) is 11.8. The molecule has 2 heteroatoms. The van der Waals surface area contributed by atoms with Crippen LogP contribution in [0.4, 0.5) is 0 Å². The van der Waals surface area contributed by atoms with E-state index in [1.807, 2.05) is 6.07 Å². The first-order valence-electron chi connectivity index (χ1n) is 8.41. The fourth-order valence-electron chi connectivity index (χ4n) is 4.08. The summed E-state index contributed by atoms with van der Waals surface area (Å²) in [6.45, 7) is 0. The molecule has 0 radical (unpaired) electrons. The molecule has 4 rings (SSSR count). The van der Waals surface area contributed by atoms with Gasteiger partial charge in [0.2, 0.25) is 5.88 Å². The topological polar surface area (TPSA) is 33.1 Å². The second-order valence-electron chi connectivity index (χ2n) is 6.61. The summed E-state index contributed by atoms with van der Waals surface area (Å²) < 4.78 is 8.71. The lowest BCUT2D eigenvalue weighted by Crippen LogP contribution is -2.27. The molecule has 1 aromatic heterocycles. The minimum absolute atomic E-state index is 0.0670. The average Bonchev–Trinajstić information content (AvgIpc) is 2.82. The molecule has 0 bridgehead atoms. The second-order valence-corrected chi connectivity index (χ2v) is 6.61. The van der Waals surface area contributed by atoms with E-state index < -0.39 is 0 Å². The van der Waals surface area contributed by atoms with Crippen LogP contribution in [0.1, 0.15) is 49.7 Å². The number of fused-ring (bicyclic) bond motifs is 1. The van der Waals surface area contributed by atoms with Crippen molar-refractivity contribution < 1.29 is 6.48 Å². The largest absolute Gasteiger partial charge is 0.493 e. The van der Waals surface area contributed by atoms with Crippen LogP contribution in [-0.4, -0.2) is 10.1 Å². The van der Waals surface area contributed by atoms with Crippen LogP contribution in [-0.2, 0) is 12.8 Å². The first-order valence-corrected chi connectivity index (χ1v) is 7.83. The maximum absolute atomic E-state index is 9.32. The summed E-state index contributed by atoms with van der Waals surface area (Å²) in [5.41, 5.74) is 3.99. The molecule has 2 aliphatic rings. The Labute approximate surface area is 127 Å². The van der Waals surface area contributed by atoms with Crippen LogP contribution in [0.15, 0.2) is 42.6 Å². The number of hydrogen-bond acceptors (Lipinski definition) is 2. The number of benzene rings is 1. The van der Waals surface area contributed by atoms with Crippen molar-refractivity contribution in [1.82, 2.24) is 4.98 Å². The number of aromatic hydroxyl groups is 1. The van der Waals surface area contributed by atoms with Crippen molar-refractivity contribution in [2.75, 3.05) is 0 Å². The Hall–Kier alpha value is -1.83. The van der Waals surface area contributed by atoms with Gasteiger partial charge in [-0.3, -0.25) is 0 Å². The van der Waals surface area contributed by atoms with Gasteiger partial charge < -0.3 is 5.11 Å². The molecule has 2 aliphatic carbocycles. The molecule has 0 amide bonds. The highest BCUT2D eigenvalue weighted by atomic mass is 16.3. The maximum Gasteiger partial charge on any atom is 0.210 e. The van der Waals surface area contributed by atoms with E-state index in [1.165, 1.54) is 16.7 Å². The molecule has 1 fully saturated rings. The zero-order valence-corrected chi connectivity index (χ0v) is 12.1. The summed E-state index contributed by atoms with van der Waals surface area (Å²) in [5, 5.41) is 9.32. The van der Waals surface area contributed by atoms with E-state index in [1.54, 1.807) is 12.3 Å². The number of hydrogen-bond donors (Lipinski definition) is 1. The molecular formula is C19H21NO. The van der Waals surface area contributed by atoms with E-state index in [-0.39, 0.29) is 17.7 Å². The van der Waals surface area contributed by atoms with Gasteiger partial charge in [-0.25, -0.2) is 4.98 Å². The van der Waals surface area contributed by atoms with Crippen molar-refractivity contribution in [3.8, 4) is 5.88 Å². The molecule has 2 nitrogen and oxygen atoms in total. The Balaban J connectivity index is 1.52. The third kappa shape index (κ3) is 2.33. The van der Waals surface area contributed by atoms with Crippen LogP contribution >= 0.6 is 0 Å². The van der Waals surface area contributed by atoms with Gasteiger partial charge in [-0.15, -0.1) is 0 Å². The van der Waals surface area contributed by atoms with E-state index in [9.17, 15) is 5.11 Å². The monoisotopic (exact) mass is 280 g/mol. The van der Waals surface area contributed by atoms with Gasteiger partial charge in [0, 0.05) is 13.6 Å². The molecule has 1 heterocycles. The standard InChI is InChI=1S/C19H21NO/c21-18-6-5-17(13-20-18)14-7-9-19(10-8-14)11-15-3-1-2-4-16(15)12-19/h1-6,13-14H,7-12H2,(H,20,21)/i11D. The average molecular weight is 280 g/mol. The lowest BCUT2D eigenvalue weighted by atomic mass is 9.67. The predicted molar refractivity (Wildman–Crippen MR) is 83.4 cm³/mol.